The number of amides is 2. The van der Waals surface area contributed by atoms with E-state index in [0.717, 1.165) is 31.4 Å². The molecule has 2 amide bonds. The summed E-state index contributed by atoms with van der Waals surface area (Å²) in [4.78, 5) is 27.4. The summed E-state index contributed by atoms with van der Waals surface area (Å²) in [5.74, 6) is -0.215. The lowest BCUT2D eigenvalue weighted by atomic mass is 9.83. The van der Waals surface area contributed by atoms with E-state index < -0.39 is 0 Å². The number of anilines is 1. The molecular weight excluding hydrogens is 368 g/mol. The first kappa shape index (κ1) is 19.6. The maximum atomic E-state index is 13.2. The first-order valence-electron chi connectivity index (χ1n) is 10.4. The minimum absolute atomic E-state index is 0.0551. The zero-order valence-electron chi connectivity index (χ0n) is 17.0. The fourth-order valence-electron chi connectivity index (χ4n) is 4.18. The van der Waals surface area contributed by atoms with Gasteiger partial charge in [-0.15, -0.1) is 0 Å². The molecule has 0 saturated carbocycles. The van der Waals surface area contributed by atoms with Crippen LogP contribution < -0.4 is 5.32 Å². The number of carbonyl (C=O) groups excluding carboxylic acids is 2. The number of para-hydroxylation sites is 1. The highest BCUT2D eigenvalue weighted by Crippen LogP contribution is 2.40. The third-order valence-electron chi connectivity index (χ3n) is 6.26. The van der Waals surface area contributed by atoms with Gasteiger partial charge in [0.2, 0.25) is 5.91 Å². The van der Waals surface area contributed by atoms with Crippen LogP contribution in [-0.4, -0.2) is 46.6 Å². The Morgan fingerprint density at radius 3 is 2.83 bits per heavy atom. The Morgan fingerprint density at radius 1 is 1.31 bits per heavy atom. The number of likely N-dealkylation sites (tertiary alicyclic amines) is 1. The van der Waals surface area contributed by atoms with Crippen LogP contribution in [0.5, 0.6) is 0 Å². The Bertz CT molecular complexity index is 899. The summed E-state index contributed by atoms with van der Waals surface area (Å²) in [5.41, 5.74) is 3.02. The monoisotopic (exact) mass is 396 g/mol. The van der Waals surface area contributed by atoms with Gasteiger partial charge in [0.15, 0.2) is 0 Å². The summed E-state index contributed by atoms with van der Waals surface area (Å²) in [7, 11) is 0. The first-order chi connectivity index (χ1) is 14.0. The fourth-order valence-corrected chi connectivity index (χ4v) is 4.18. The highest BCUT2D eigenvalue weighted by Gasteiger charge is 2.43. The van der Waals surface area contributed by atoms with Crippen molar-refractivity contribution in [1.82, 2.24) is 15.1 Å². The number of nitrogens with zero attached hydrogens (tertiary/aromatic N) is 2. The number of ether oxygens (including phenoxy) is 1. The quantitative estimate of drug-likeness (QED) is 0.831. The summed E-state index contributed by atoms with van der Waals surface area (Å²) >= 11 is 0. The highest BCUT2D eigenvalue weighted by molar-refractivity contribution is 6.04. The molecule has 3 heterocycles. The molecule has 0 radical (unpaired) electrons. The number of H-pyrrole nitrogens is 1. The van der Waals surface area contributed by atoms with Crippen molar-refractivity contribution in [2.24, 2.45) is 5.92 Å². The van der Waals surface area contributed by atoms with Crippen LogP contribution in [0.3, 0.4) is 0 Å². The number of hydrogen-bond acceptors (Lipinski definition) is 4. The Balaban J connectivity index is 1.48. The van der Waals surface area contributed by atoms with Crippen LogP contribution >= 0.6 is 0 Å². The zero-order chi connectivity index (χ0) is 20.4. The molecule has 1 aromatic carbocycles. The van der Waals surface area contributed by atoms with E-state index in [1.54, 1.807) is 12.1 Å². The average molecular weight is 396 g/mol. The molecule has 1 spiro atoms. The molecule has 2 aliphatic heterocycles. The van der Waals surface area contributed by atoms with E-state index in [1.165, 1.54) is 5.56 Å². The zero-order valence-corrected chi connectivity index (χ0v) is 17.0. The number of aromatic amines is 1. The predicted octanol–water partition coefficient (Wildman–Crippen LogP) is 3.10. The van der Waals surface area contributed by atoms with E-state index >= 15 is 0 Å². The molecule has 1 fully saturated rings. The van der Waals surface area contributed by atoms with Gasteiger partial charge in [0.05, 0.1) is 29.7 Å². The highest BCUT2D eigenvalue weighted by atomic mass is 16.5. The van der Waals surface area contributed by atoms with Crippen LogP contribution in [0.4, 0.5) is 5.69 Å². The number of hydrogen-bond donors (Lipinski definition) is 2. The number of fused-ring (bicyclic) bond motifs is 2. The molecule has 4 rings (SSSR count). The van der Waals surface area contributed by atoms with Crippen LogP contribution in [0.1, 0.15) is 54.7 Å². The van der Waals surface area contributed by atoms with Crippen LogP contribution in [0.15, 0.2) is 30.5 Å². The standard InChI is InChI=1S/C22H28N4O3/c1-3-15(2)20(27)24-18-7-5-4-6-17(18)21(28)26-11-9-22(10-12-26)19-16(8-13-29-22)14-23-25-19/h4-7,14-15H,3,8-13H2,1-2H3,(H,23,25)(H,24,27). The van der Waals surface area contributed by atoms with Crippen molar-refractivity contribution in [3.8, 4) is 0 Å². The number of nitrogens with one attached hydrogen (secondary N) is 2. The molecule has 7 nitrogen and oxygen atoms in total. The van der Waals surface area contributed by atoms with Crippen molar-refractivity contribution in [1.29, 1.82) is 0 Å². The Labute approximate surface area is 170 Å². The number of aromatic nitrogens is 2. The second-order valence-corrected chi connectivity index (χ2v) is 8.00. The van der Waals surface area contributed by atoms with Crippen molar-refractivity contribution in [3.63, 3.8) is 0 Å². The van der Waals surface area contributed by atoms with E-state index in [-0.39, 0.29) is 23.3 Å². The second kappa shape index (κ2) is 7.99. The molecule has 154 valence electrons. The maximum absolute atomic E-state index is 13.2. The molecule has 7 heteroatoms. The van der Waals surface area contributed by atoms with Crippen molar-refractivity contribution in [3.05, 3.63) is 47.3 Å². The van der Waals surface area contributed by atoms with Crippen molar-refractivity contribution in [2.45, 2.75) is 45.1 Å². The number of piperidine rings is 1. The summed E-state index contributed by atoms with van der Waals surface area (Å²) in [6.45, 7) is 5.75. The van der Waals surface area contributed by atoms with Crippen molar-refractivity contribution < 1.29 is 14.3 Å². The van der Waals surface area contributed by atoms with Gasteiger partial charge in [0.25, 0.3) is 5.91 Å². The molecule has 1 unspecified atom stereocenters. The van der Waals surface area contributed by atoms with Crippen LogP contribution in [0, 0.1) is 5.92 Å². The van der Waals surface area contributed by atoms with Gasteiger partial charge >= 0.3 is 0 Å². The molecule has 1 atom stereocenters. The molecule has 2 aromatic rings. The lowest BCUT2D eigenvalue weighted by molar-refractivity contribution is -0.119. The summed E-state index contributed by atoms with van der Waals surface area (Å²) in [6.07, 6.45) is 4.98. The van der Waals surface area contributed by atoms with Gasteiger partial charge in [-0.05, 0) is 43.4 Å². The normalized spacial score (nSPS) is 18.9. The molecule has 0 bridgehead atoms. The number of rotatable bonds is 4. The lowest BCUT2D eigenvalue weighted by Gasteiger charge is -2.43. The third-order valence-corrected chi connectivity index (χ3v) is 6.26. The smallest absolute Gasteiger partial charge is 0.255 e. The van der Waals surface area contributed by atoms with Crippen molar-refractivity contribution in [2.75, 3.05) is 25.0 Å². The minimum Gasteiger partial charge on any atom is -0.368 e. The van der Waals surface area contributed by atoms with Gasteiger partial charge in [-0.1, -0.05) is 26.0 Å². The van der Waals surface area contributed by atoms with Gasteiger partial charge in [-0.3, -0.25) is 14.7 Å². The van der Waals surface area contributed by atoms with Crippen LogP contribution in [0.2, 0.25) is 0 Å². The molecular formula is C22H28N4O3. The van der Waals surface area contributed by atoms with E-state index in [1.807, 2.05) is 37.1 Å². The fraction of sp³-hybridized carbons (Fsp3) is 0.500. The van der Waals surface area contributed by atoms with Gasteiger partial charge in [0, 0.05) is 19.0 Å². The molecule has 2 aliphatic rings. The maximum Gasteiger partial charge on any atom is 0.255 e. The SMILES string of the molecule is CCC(C)C(=O)Nc1ccccc1C(=O)N1CCC2(CC1)OCCc1cn[nH]c12. The topological polar surface area (TPSA) is 87.3 Å². The van der Waals surface area contributed by atoms with Gasteiger partial charge in [-0.2, -0.15) is 5.10 Å². The second-order valence-electron chi connectivity index (χ2n) is 8.00. The summed E-state index contributed by atoms with van der Waals surface area (Å²) in [6, 6.07) is 7.24. The molecule has 29 heavy (non-hydrogen) atoms. The number of carbonyl (C=O) groups is 2. The third kappa shape index (κ3) is 3.67. The summed E-state index contributed by atoms with van der Waals surface area (Å²) < 4.78 is 6.17. The Morgan fingerprint density at radius 2 is 2.07 bits per heavy atom. The van der Waals surface area contributed by atoms with E-state index in [0.29, 0.717) is 30.9 Å². The molecule has 0 aliphatic carbocycles. The molecule has 1 aromatic heterocycles. The lowest BCUT2D eigenvalue weighted by Crippen LogP contribution is -2.48. The van der Waals surface area contributed by atoms with Gasteiger partial charge in [-0.25, -0.2) is 0 Å². The molecule has 1 saturated heterocycles. The van der Waals surface area contributed by atoms with Crippen LogP contribution in [0.25, 0.3) is 0 Å². The van der Waals surface area contributed by atoms with Gasteiger partial charge in [0.1, 0.15) is 5.60 Å². The Hall–Kier alpha value is -2.67. The largest absolute Gasteiger partial charge is 0.368 e. The Kier molecular flexibility index (Phi) is 5.41. The minimum atomic E-state index is -0.370. The van der Waals surface area contributed by atoms with Crippen LogP contribution in [-0.2, 0) is 21.6 Å². The van der Waals surface area contributed by atoms with Gasteiger partial charge < -0.3 is 15.0 Å². The summed E-state index contributed by atoms with van der Waals surface area (Å²) in [5, 5.41) is 10.2. The van der Waals surface area contributed by atoms with E-state index in [9.17, 15) is 9.59 Å². The van der Waals surface area contributed by atoms with E-state index in [2.05, 4.69) is 15.5 Å². The van der Waals surface area contributed by atoms with Crippen molar-refractivity contribution >= 4 is 17.5 Å². The number of benzene rings is 1. The van der Waals surface area contributed by atoms with E-state index in [4.69, 9.17) is 4.74 Å². The first-order valence-corrected chi connectivity index (χ1v) is 10.4. The molecule has 2 N–H and O–H groups in total. The average Bonchev–Trinajstić information content (AvgIpc) is 3.24. The predicted molar refractivity (Wildman–Crippen MR) is 110 cm³/mol.